The second kappa shape index (κ2) is 16.2. The van der Waals surface area contributed by atoms with Gasteiger partial charge in [0.1, 0.15) is 18.1 Å². The van der Waals surface area contributed by atoms with Crippen LogP contribution in [0.25, 0.3) is 11.1 Å². The van der Waals surface area contributed by atoms with E-state index in [1.165, 1.54) is 6.92 Å². The first-order valence-electron chi connectivity index (χ1n) is 13.0. The van der Waals surface area contributed by atoms with Crippen molar-refractivity contribution in [2.24, 2.45) is 22.2 Å². The van der Waals surface area contributed by atoms with Gasteiger partial charge in [-0.15, -0.1) is 0 Å². The molecule has 0 aliphatic carbocycles. The monoisotopic (exact) mass is 567 g/mol. The van der Waals surface area contributed by atoms with Crippen molar-refractivity contribution in [2.75, 3.05) is 6.54 Å². The Morgan fingerprint density at radius 3 is 1.93 bits per heavy atom. The zero-order chi connectivity index (χ0) is 30.4. The van der Waals surface area contributed by atoms with Gasteiger partial charge in [-0.05, 0) is 36.0 Å². The Morgan fingerprint density at radius 2 is 1.37 bits per heavy atom. The Hall–Kier alpha value is -4.94. The van der Waals surface area contributed by atoms with Crippen molar-refractivity contribution in [3.05, 3.63) is 60.2 Å². The molecule has 10 N–H and O–H groups in total. The molecule has 0 bridgehead atoms. The molecule has 0 spiro atoms. The van der Waals surface area contributed by atoms with Gasteiger partial charge in [0, 0.05) is 26.3 Å². The molecule has 13 heteroatoms. The van der Waals surface area contributed by atoms with E-state index in [0.717, 1.165) is 11.1 Å². The average Bonchev–Trinajstić information content (AvgIpc) is 2.92. The highest BCUT2D eigenvalue weighted by molar-refractivity contribution is 5.94. The minimum atomic E-state index is -1.19. The number of amides is 4. The minimum Gasteiger partial charge on any atom is -0.481 e. The van der Waals surface area contributed by atoms with E-state index in [0.29, 0.717) is 12.0 Å². The summed E-state index contributed by atoms with van der Waals surface area (Å²) in [5, 5.41) is 16.6. The predicted molar refractivity (Wildman–Crippen MR) is 153 cm³/mol. The van der Waals surface area contributed by atoms with Crippen LogP contribution in [-0.2, 0) is 30.4 Å². The van der Waals surface area contributed by atoms with E-state index >= 15 is 0 Å². The number of nitrogens with zero attached hydrogens (tertiary/aromatic N) is 1. The van der Waals surface area contributed by atoms with Crippen LogP contribution in [0.5, 0.6) is 0 Å². The topological polar surface area (TPSA) is 232 Å². The highest BCUT2D eigenvalue weighted by Crippen LogP contribution is 2.20. The van der Waals surface area contributed by atoms with Gasteiger partial charge in [0.15, 0.2) is 5.96 Å². The zero-order valence-electron chi connectivity index (χ0n) is 22.8. The summed E-state index contributed by atoms with van der Waals surface area (Å²) in [6.07, 6.45) is -0.0237. The van der Waals surface area contributed by atoms with E-state index in [1.807, 2.05) is 54.6 Å². The Bertz CT molecular complexity index is 1230. The molecular weight excluding hydrogens is 530 g/mol. The number of carbonyl (C=O) groups is 5. The molecule has 2 aromatic rings. The number of hydrogen-bond acceptors (Lipinski definition) is 6. The van der Waals surface area contributed by atoms with Crippen molar-refractivity contribution < 1.29 is 29.1 Å². The fraction of sp³-hybridized carbons (Fsp3) is 0.357. The molecule has 0 radical (unpaired) electrons. The van der Waals surface area contributed by atoms with E-state index < -0.39 is 47.7 Å². The molecule has 3 atom stereocenters. The summed E-state index contributed by atoms with van der Waals surface area (Å²) in [5.41, 5.74) is 18.8. The number of primary amides is 1. The second-order valence-electron chi connectivity index (χ2n) is 9.43. The SMILES string of the molecule is CC(=O)NC(CCC(=O)O)C(=O)NC(Cc1ccc(-c2ccccc2)cc1)C(=O)NC(CCCN=C(N)N)C(N)=O. The van der Waals surface area contributed by atoms with Gasteiger partial charge in [-0.3, -0.25) is 29.0 Å². The number of benzene rings is 2. The lowest BCUT2D eigenvalue weighted by Gasteiger charge is -2.24. The molecule has 2 aromatic carbocycles. The Balaban J connectivity index is 2.26. The molecule has 4 amide bonds. The highest BCUT2D eigenvalue weighted by Gasteiger charge is 2.29. The summed E-state index contributed by atoms with van der Waals surface area (Å²) in [7, 11) is 0. The number of rotatable bonds is 16. The van der Waals surface area contributed by atoms with Gasteiger partial charge in [-0.1, -0.05) is 54.6 Å². The van der Waals surface area contributed by atoms with Crippen LogP contribution in [0.1, 0.15) is 38.2 Å². The number of carbonyl (C=O) groups excluding carboxylic acids is 4. The molecule has 0 aliphatic rings. The number of guanidine groups is 1. The number of aliphatic carboxylic acids is 1. The summed E-state index contributed by atoms with van der Waals surface area (Å²) >= 11 is 0. The van der Waals surface area contributed by atoms with Crippen LogP contribution in [0, 0.1) is 0 Å². The third-order valence-electron chi connectivity index (χ3n) is 6.08. The molecule has 0 saturated heterocycles. The summed E-state index contributed by atoms with van der Waals surface area (Å²) in [5.74, 6) is -4.00. The normalized spacial score (nSPS) is 12.7. The molecule has 41 heavy (non-hydrogen) atoms. The molecule has 2 rings (SSSR count). The Kier molecular flexibility index (Phi) is 12.8. The van der Waals surface area contributed by atoms with Gasteiger partial charge in [-0.2, -0.15) is 0 Å². The first-order chi connectivity index (χ1) is 19.5. The number of carboxylic acid groups (broad SMARTS) is 1. The van der Waals surface area contributed by atoms with Crippen LogP contribution < -0.4 is 33.2 Å². The molecule has 220 valence electrons. The van der Waals surface area contributed by atoms with E-state index in [-0.39, 0.29) is 38.2 Å². The summed E-state index contributed by atoms with van der Waals surface area (Å²) in [6.45, 7) is 1.41. The van der Waals surface area contributed by atoms with Crippen molar-refractivity contribution in [1.29, 1.82) is 0 Å². The van der Waals surface area contributed by atoms with Crippen LogP contribution in [0.2, 0.25) is 0 Å². The Morgan fingerprint density at radius 1 is 0.780 bits per heavy atom. The maximum absolute atomic E-state index is 13.4. The van der Waals surface area contributed by atoms with E-state index in [1.54, 1.807) is 0 Å². The van der Waals surface area contributed by atoms with E-state index in [2.05, 4.69) is 20.9 Å². The van der Waals surface area contributed by atoms with Crippen LogP contribution in [-0.4, -0.2) is 65.3 Å². The third kappa shape index (κ3) is 11.8. The molecule has 0 aliphatic heterocycles. The molecular formula is C28H37N7O6. The molecule has 0 saturated carbocycles. The van der Waals surface area contributed by atoms with Crippen molar-refractivity contribution in [3.8, 4) is 11.1 Å². The first-order valence-corrected chi connectivity index (χ1v) is 13.0. The molecule has 0 fully saturated rings. The summed E-state index contributed by atoms with van der Waals surface area (Å²) < 4.78 is 0. The van der Waals surface area contributed by atoms with Gasteiger partial charge < -0.3 is 38.3 Å². The lowest BCUT2D eigenvalue weighted by molar-refractivity contribution is -0.138. The molecule has 0 heterocycles. The largest absolute Gasteiger partial charge is 0.481 e. The maximum Gasteiger partial charge on any atom is 0.303 e. The van der Waals surface area contributed by atoms with Crippen molar-refractivity contribution in [2.45, 2.75) is 57.2 Å². The lowest BCUT2D eigenvalue weighted by atomic mass is 9.99. The number of nitrogens with one attached hydrogen (secondary N) is 3. The fourth-order valence-corrected chi connectivity index (χ4v) is 4.02. The molecule has 13 nitrogen and oxygen atoms in total. The van der Waals surface area contributed by atoms with Gasteiger partial charge in [0.05, 0.1) is 0 Å². The van der Waals surface area contributed by atoms with Gasteiger partial charge >= 0.3 is 5.97 Å². The van der Waals surface area contributed by atoms with Crippen LogP contribution >= 0.6 is 0 Å². The van der Waals surface area contributed by atoms with E-state index in [4.69, 9.17) is 22.3 Å². The van der Waals surface area contributed by atoms with E-state index in [9.17, 15) is 24.0 Å². The van der Waals surface area contributed by atoms with Crippen molar-refractivity contribution in [1.82, 2.24) is 16.0 Å². The quantitative estimate of drug-likeness (QED) is 0.0811. The van der Waals surface area contributed by atoms with Gasteiger partial charge in [0.2, 0.25) is 23.6 Å². The smallest absolute Gasteiger partial charge is 0.303 e. The highest BCUT2D eigenvalue weighted by atomic mass is 16.4. The molecule has 3 unspecified atom stereocenters. The lowest BCUT2D eigenvalue weighted by Crippen LogP contribution is -2.57. The summed E-state index contributed by atoms with van der Waals surface area (Å²) in [4.78, 5) is 65.1. The maximum atomic E-state index is 13.4. The van der Waals surface area contributed by atoms with Crippen LogP contribution in [0.4, 0.5) is 0 Å². The van der Waals surface area contributed by atoms with Crippen LogP contribution in [0.3, 0.4) is 0 Å². The Labute approximate surface area is 237 Å². The average molecular weight is 568 g/mol. The van der Waals surface area contributed by atoms with Crippen molar-refractivity contribution in [3.63, 3.8) is 0 Å². The first kappa shape index (κ1) is 32.3. The standard InChI is InChI=1S/C28H37N7O6/c1-17(36)33-22(13-14-24(37)38)26(40)35-23(27(41)34-21(25(29)39)8-5-15-32-28(30)31)16-18-9-11-20(12-10-18)19-6-3-2-4-7-19/h2-4,6-7,9-12,21-23H,5,8,13-16H2,1H3,(H2,29,39)(H,33,36)(H,34,41)(H,35,40)(H,37,38)(H4,30,31,32). The number of aliphatic imine (C=N–C) groups is 1. The second-order valence-corrected chi connectivity index (χ2v) is 9.43. The number of nitrogens with two attached hydrogens (primary N) is 3. The van der Waals surface area contributed by atoms with Crippen molar-refractivity contribution >= 4 is 35.6 Å². The summed E-state index contributed by atoms with van der Waals surface area (Å²) in [6, 6.07) is 13.6. The zero-order valence-corrected chi connectivity index (χ0v) is 22.8. The van der Waals surface area contributed by atoms with Crippen LogP contribution in [0.15, 0.2) is 59.6 Å². The molecule has 0 aromatic heterocycles. The number of hydrogen-bond donors (Lipinski definition) is 7. The third-order valence-corrected chi connectivity index (χ3v) is 6.08. The van der Waals surface area contributed by atoms with Gasteiger partial charge in [0.25, 0.3) is 0 Å². The predicted octanol–water partition coefficient (Wildman–Crippen LogP) is -0.226. The number of carboxylic acids is 1. The minimum absolute atomic E-state index is 0.0395. The van der Waals surface area contributed by atoms with Gasteiger partial charge in [-0.25, -0.2) is 0 Å². The fourth-order valence-electron chi connectivity index (χ4n) is 4.02.